The maximum atomic E-state index is 12.7. The summed E-state index contributed by atoms with van der Waals surface area (Å²) in [5.41, 5.74) is 1.73. The number of hydrogen-bond acceptors (Lipinski definition) is 3. The maximum absolute atomic E-state index is 12.7. The Labute approximate surface area is 128 Å². The molecule has 3 nitrogen and oxygen atoms in total. The highest BCUT2D eigenvalue weighted by Crippen LogP contribution is 2.22. The largest absolute Gasteiger partial charge is 0.297 e. The maximum Gasteiger partial charge on any atom is 0.158 e. The van der Waals surface area contributed by atoms with Gasteiger partial charge in [0.15, 0.2) is 5.78 Å². The minimum Gasteiger partial charge on any atom is -0.297 e. The summed E-state index contributed by atoms with van der Waals surface area (Å²) >= 11 is 0. The van der Waals surface area contributed by atoms with E-state index in [1.165, 1.54) is 31.2 Å². The highest BCUT2D eigenvalue weighted by atomic mass is 16.1. The van der Waals surface area contributed by atoms with Crippen molar-refractivity contribution in [2.24, 2.45) is 0 Å². The second kappa shape index (κ2) is 7.17. The van der Waals surface area contributed by atoms with E-state index in [4.69, 9.17) is 0 Å². The van der Waals surface area contributed by atoms with Crippen LogP contribution in [0.15, 0.2) is 18.3 Å². The van der Waals surface area contributed by atoms with Gasteiger partial charge in [0.25, 0.3) is 0 Å². The molecule has 0 saturated carbocycles. The summed E-state index contributed by atoms with van der Waals surface area (Å²) in [6.45, 7) is 8.34. The summed E-state index contributed by atoms with van der Waals surface area (Å²) in [5.74, 6) is 0.279. The summed E-state index contributed by atoms with van der Waals surface area (Å²) in [6.07, 6.45) is 8.32. The van der Waals surface area contributed by atoms with Crippen LogP contribution in [0.5, 0.6) is 0 Å². The highest BCUT2D eigenvalue weighted by Gasteiger charge is 2.34. The Balaban J connectivity index is 2.02. The molecule has 0 unspecified atom stereocenters. The zero-order chi connectivity index (χ0) is 15.3. The van der Waals surface area contributed by atoms with Crippen molar-refractivity contribution in [3.8, 4) is 0 Å². The number of aromatic nitrogens is 1. The number of carbonyl (C=O) groups excluding carboxylic acids is 1. The minimum absolute atomic E-state index is 0.279. The van der Waals surface area contributed by atoms with Crippen LogP contribution >= 0.6 is 0 Å². The molecule has 0 amide bonds. The summed E-state index contributed by atoms with van der Waals surface area (Å²) in [7, 11) is 0. The molecule has 0 radical (unpaired) electrons. The molecule has 1 fully saturated rings. The first-order valence-electron chi connectivity index (χ1n) is 8.26. The van der Waals surface area contributed by atoms with E-state index >= 15 is 0 Å². The summed E-state index contributed by atoms with van der Waals surface area (Å²) in [6, 6.07) is 4.07. The Morgan fingerprint density at radius 1 is 1.19 bits per heavy atom. The molecule has 1 aliphatic rings. The van der Waals surface area contributed by atoms with Crippen molar-refractivity contribution < 1.29 is 4.79 Å². The van der Waals surface area contributed by atoms with Gasteiger partial charge in [-0.3, -0.25) is 14.7 Å². The van der Waals surface area contributed by atoms with Gasteiger partial charge in [-0.2, -0.15) is 0 Å². The molecule has 0 bridgehead atoms. The predicted molar refractivity (Wildman–Crippen MR) is 86.4 cm³/mol. The number of pyridine rings is 1. The standard InChI is InChI=1S/C18H28N2O/c1-4-15-9-10-16(19-14-15)13-17(21)18(2,3)20-11-7-5-6-8-12-20/h9-10,14H,4-8,11-13H2,1-3H3. The first-order valence-corrected chi connectivity index (χ1v) is 8.26. The van der Waals surface area contributed by atoms with Gasteiger partial charge in [-0.15, -0.1) is 0 Å². The molecule has 0 aromatic carbocycles. The Morgan fingerprint density at radius 2 is 1.86 bits per heavy atom. The molecule has 3 heteroatoms. The topological polar surface area (TPSA) is 33.2 Å². The summed E-state index contributed by atoms with van der Waals surface area (Å²) < 4.78 is 0. The fraction of sp³-hybridized carbons (Fsp3) is 0.667. The lowest BCUT2D eigenvalue weighted by molar-refractivity contribution is -0.128. The van der Waals surface area contributed by atoms with Crippen molar-refractivity contribution in [1.82, 2.24) is 9.88 Å². The van der Waals surface area contributed by atoms with Gasteiger partial charge >= 0.3 is 0 Å². The van der Waals surface area contributed by atoms with Gasteiger partial charge < -0.3 is 0 Å². The molecule has 1 aromatic heterocycles. The number of ketones is 1. The molecule has 21 heavy (non-hydrogen) atoms. The first-order chi connectivity index (χ1) is 10.0. The predicted octanol–water partition coefficient (Wildman–Crippen LogP) is 3.41. The van der Waals surface area contributed by atoms with Crippen LogP contribution in [0.4, 0.5) is 0 Å². The minimum atomic E-state index is -0.380. The molecule has 0 aliphatic carbocycles. The molecule has 1 aliphatic heterocycles. The van der Waals surface area contributed by atoms with E-state index in [1.807, 2.05) is 12.3 Å². The van der Waals surface area contributed by atoms with Crippen LogP contribution in [0.3, 0.4) is 0 Å². The van der Waals surface area contributed by atoms with Crippen molar-refractivity contribution >= 4 is 5.78 Å². The van der Waals surface area contributed by atoms with Crippen LogP contribution in [-0.2, 0) is 17.6 Å². The smallest absolute Gasteiger partial charge is 0.158 e. The molecule has 1 aromatic rings. The lowest BCUT2D eigenvalue weighted by atomic mass is 9.92. The molecular weight excluding hydrogens is 260 g/mol. The molecule has 0 atom stereocenters. The van der Waals surface area contributed by atoms with Gasteiger partial charge in [0, 0.05) is 11.9 Å². The monoisotopic (exact) mass is 288 g/mol. The fourth-order valence-electron chi connectivity index (χ4n) is 2.96. The quantitative estimate of drug-likeness (QED) is 0.832. The van der Waals surface area contributed by atoms with Gasteiger partial charge in [-0.25, -0.2) is 0 Å². The fourth-order valence-corrected chi connectivity index (χ4v) is 2.96. The number of nitrogens with zero attached hydrogens (tertiary/aromatic N) is 2. The summed E-state index contributed by atoms with van der Waals surface area (Å²) in [5, 5.41) is 0. The zero-order valence-corrected chi connectivity index (χ0v) is 13.7. The number of hydrogen-bond donors (Lipinski definition) is 0. The average molecular weight is 288 g/mol. The van der Waals surface area contributed by atoms with Gasteiger partial charge in [0.1, 0.15) is 0 Å². The summed E-state index contributed by atoms with van der Waals surface area (Å²) in [4.78, 5) is 19.5. The molecule has 2 heterocycles. The number of aryl methyl sites for hydroxylation is 1. The van der Waals surface area contributed by atoms with E-state index in [0.29, 0.717) is 6.42 Å². The lowest BCUT2D eigenvalue weighted by Gasteiger charge is -2.36. The van der Waals surface area contributed by atoms with Gasteiger partial charge in [-0.05, 0) is 57.8 Å². The van der Waals surface area contributed by atoms with Gasteiger partial charge in [-0.1, -0.05) is 25.8 Å². The van der Waals surface area contributed by atoms with Crippen LogP contribution < -0.4 is 0 Å². The molecule has 0 N–H and O–H groups in total. The van der Waals surface area contributed by atoms with Gasteiger partial charge in [0.2, 0.25) is 0 Å². The van der Waals surface area contributed by atoms with Crippen molar-refractivity contribution in [3.63, 3.8) is 0 Å². The lowest BCUT2D eigenvalue weighted by Crippen LogP contribution is -2.51. The zero-order valence-electron chi connectivity index (χ0n) is 13.7. The third-order valence-corrected chi connectivity index (χ3v) is 4.71. The van der Waals surface area contributed by atoms with E-state index in [9.17, 15) is 4.79 Å². The molecule has 1 saturated heterocycles. The second-order valence-electron chi connectivity index (χ2n) is 6.57. The van der Waals surface area contributed by atoms with Crippen LogP contribution in [0, 0.1) is 0 Å². The third kappa shape index (κ3) is 4.13. The van der Waals surface area contributed by atoms with Crippen molar-refractivity contribution in [2.45, 2.75) is 64.8 Å². The van der Waals surface area contributed by atoms with Crippen LogP contribution in [-0.4, -0.2) is 34.3 Å². The molecule has 2 rings (SSSR count). The Kier molecular flexibility index (Phi) is 5.51. The molecular formula is C18H28N2O. The second-order valence-corrected chi connectivity index (χ2v) is 6.57. The van der Waals surface area contributed by atoms with E-state index in [1.54, 1.807) is 0 Å². The normalized spacial score (nSPS) is 17.5. The van der Waals surface area contributed by atoms with Crippen molar-refractivity contribution in [3.05, 3.63) is 29.6 Å². The highest BCUT2D eigenvalue weighted by molar-refractivity contribution is 5.89. The number of carbonyl (C=O) groups is 1. The third-order valence-electron chi connectivity index (χ3n) is 4.71. The Hall–Kier alpha value is -1.22. The first kappa shape index (κ1) is 16.2. The average Bonchev–Trinajstić information content (AvgIpc) is 2.77. The Bertz CT molecular complexity index is 457. The molecule has 116 valence electrons. The van der Waals surface area contributed by atoms with E-state index in [0.717, 1.165) is 25.2 Å². The van der Waals surface area contributed by atoms with E-state index < -0.39 is 0 Å². The number of rotatable bonds is 5. The van der Waals surface area contributed by atoms with Crippen LogP contribution in [0.2, 0.25) is 0 Å². The number of Topliss-reactive ketones (excluding diaryl/α,β-unsaturated/α-hetero) is 1. The van der Waals surface area contributed by atoms with Crippen LogP contribution in [0.25, 0.3) is 0 Å². The SMILES string of the molecule is CCc1ccc(CC(=O)C(C)(C)N2CCCCCC2)nc1. The number of likely N-dealkylation sites (tertiary alicyclic amines) is 1. The van der Waals surface area contributed by atoms with Gasteiger partial charge in [0.05, 0.1) is 12.0 Å². The van der Waals surface area contributed by atoms with E-state index in [-0.39, 0.29) is 11.3 Å². The Morgan fingerprint density at radius 3 is 2.38 bits per heavy atom. The van der Waals surface area contributed by atoms with E-state index in [2.05, 4.69) is 36.7 Å². The van der Waals surface area contributed by atoms with Crippen LogP contribution in [0.1, 0.15) is 57.7 Å². The van der Waals surface area contributed by atoms with Crippen molar-refractivity contribution in [1.29, 1.82) is 0 Å². The molecule has 0 spiro atoms. The van der Waals surface area contributed by atoms with Crippen molar-refractivity contribution in [2.75, 3.05) is 13.1 Å².